The van der Waals surface area contributed by atoms with Crippen LogP contribution in [0.1, 0.15) is 22.1 Å². The van der Waals surface area contributed by atoms with E-state index < -0.39 is 0 Å². The normalized spacial score (nSPS) is 10.3. The molecule has 0 fully saturated rings. The summed E-state index contributed by atoms with van der Waals surface area (Å²) in [6.45, 7) is 3.43. The molecular weight excluding hydrogens is 240 g/mol. The van der Waals surface area contributed by atoms with Gasteiger partial charge in [0.15, 0.2) is 5.89 Å². The fourth-order valence-electron chi connectivity index (χ4n) is 1.46. The lowest BCUT2D eigenvalue weighted by Crippen LogP contribution is -2.12. The van der Waals surface area contributed by atoms with Gasteiger partial charge in [-0.3, -0.25) is 4.79 Å². The number of carbonyl (C=O) groups excluding carboxylic acids is 1. The van der Waals surface area contributed by atoms with Crippen LogP contribution in [0, 0.1) is 13.8 Å². The van der Waals surface area contributed by atoms with Crippen LogP contribution in [-0.2, 0) is 0 Å². The van der Waals surface area contributed by atoms with Gasteiger partial charge in [0, 0.05) is 17.6 Å². The van der Waals surface area contributed by atoms with Gasteiger partial charge in [-0.05, 0) is 31.2 Å². The molecule has 5 heteroatoms. The topological polar surface area (TPSA) is 55.1 Å². The third kappa shape index (κ3) is 2.65. The molecule has 0 unspecified atom stereocenters. The van der Waals surface area contributed by atoms with Crippen molar-refractivity contribution in [2.75, 3.05) is 5.32 Å². The number of oxazole rings is 1. The van der Waals surface area contributed by atoms with Crippen LogP contribution in [0.4, 0.5) is 5.69 Å². The summed E-state index contributed by atoms with van der Waals surface area (Å²) in [6, 6.07) is 6.85. The molecule has 88 valence electrons. The van der Waals surface area contributed by atoms with Gasteiger partial charge in [0.05, 0.1) is 5.69 Å². The van der Waals surface area contributed by atoms with Crippen LogP contribution in [0.5, 0.6) is 0 Å². The number of amides is 1. The van der Waals surface area contributed by atoms with E-state index in [2.05, 4.69) is 10.3 Å². The van der Waals surface area contributed by atoms with Crippen molar-refractivity contribution in [3.8, 4) is 0 Å². The van der Waals surface area contributed by atoms with E-state index in [1.807, 2.05) is 0 Å². The summed E-state index contributed by atoms with van der Waals surface area (Å²) in [4.78, 5) is 15.9. The number of halogens is 1. The molecule has 17 heavy (non-hydrogen) atoms. The summed E-state index contributed by atoms with van der Waals surface area (Å²) >= 11 is 5.75. The van der Waals surface area contributed by atoms with Gasteiger partial charge in [-0.25, -0.2) is 4.98 Å². The predicted molar refractivity (Wildman–Crippen MR) is 65.4 cm³/mol. The number of hydrogen-bond donors (Lipinski definition) is 1. The first-order chi connectivity index (χ1) is 8.06. The SMILES string of the molecule is Cc1nc(C)c(C(=O)Nc2ccc(Cl)cc2)o1. The average Bonchev–Trinajstić information content (AvgIpc) is 2.61. The highest BCUT2D eigenvalue weighted by atomic mass is 35.5. The fraction of sp³-hybridized carbons (Fsp3) is 0.167. The van der Waals surface area contributed by atoms with Crippen LogP contribution in [0.15, 0.2) is 28.7 Å². The van der Waals surface area contributed by atoms with Crippen LogP contribution >= 0.6 is 11.6 Å². The second kappa shape index (κ2) is 4.59. The summed E-state index contributed by atoms with van der Waals surface area (Å²) in [5.41, 5.74) is 1.24. The molecule has 0 radical (unpaired) electrons. The molecule has 1 aromatic heterocycles. The Morgan fingerprint density at radius 1 is 1.29 bits per heavy atom. The molecule has 0 spiro atoms. The van der Waals surface area contributed by atoms with Gasteiger partial charge in [0.1, 0.15) is 0 Å². The molecule has 0 aliphatic heterocycles. The van der Waals surface area contributed by atoms with Crippen molar-refractivity contribution in [3.63, 3.8) is 0 Å². The van der Waals surface area contributed by atoms with Crippen molar-refractivity contribution in [1.82, 2.24) is 4.98 Å². The van der Waals surface area contributed by atoms with Crippen molar-refractivity contribution >= 4 is 23.2 Å². The van der Waals surface area contributed by atoms with E-state index in [0.717, 1.165) is 0 Å². The van der Waals surface area contributed by atoms with Crippen LogP contribution < -0.4 is 5.32 Å². The van der Waals surface area contributed by atoms with Gasteiger partial charge in [0.2, 0.25) is 5.76 Å². The van der Waals surface area contributed by atoms with Gasteiger partial charge < -0.3 is 9.73 Å². The van der Waals surface area contributed by atoms with Gasteiger partial charge in [-0.1, -0.05) is 11.6 Å². The molecule has 0 saturated carbocycles. The van der Waals surface area contributed by atoms with Crippen molar-refractivity contribution in [2.45, 2.75) is 13.8 Å². The number of hydrogen-bond acceptors (Lipinski definition) is 3. The molecule has 0 bridgehead atoms. The Bertz CT molecular complexity index is 546. The third-order valence-corrected chi connectivity index (χ3v) is 2.46. The maximum atomic E-state index is 11.9. The standard InChI is InChI=1S/C12H11ClN2O2/c1-7-11(17-8(2)14-7)12(16)15-10-5-3-9(13)4-6-10/h3-6H,1-2H3,(H,15,16). The fourth-order valence-corrected chi connectivity index (χ4v) is 1.59. The van der Waals surface area contributed by atoms with Gasteiger partial charge >= 0.3 is 0 Å². The van der Waals surface area contributed by atoms with Crippen LogP contribution in [0.25, 0.3) is 0 Å². The molecule has 1 aromatic carbocycles. The van der Waals surface area contributed by atoms with E-state index >= 15 is 0 Å². The minimum absolute atomic E-state index is 0.234. The first kappa shape index (κ1) is 11.7. The summed E-state index contributed by atoms with van der Waals surface area (Å²) < 4.78 is 5.22. The van der Waals surface area contributed by atoms with Crippen LogP contribution in [0.2, 0.25) is 5.02 Å². The highest BCUT2D eigenvalue weighted by Crippen LogP contribution is 2.16. The zero-order valence-corrected chi connectivity index (χ0v) is 10.2. The second-order valence-corrected chi connectivity index (χ2v) is 4.04. The molecule has 2 rings (SSSR count). The van der Waals surface area contributed by atoms with E-state index in [9.17, 15) is 4.79 Å². The van der Waals surface area contributed by atoms with Crippen molar-refractivity contribution in [3.05, 3.63) is 46.6 Å². The molecule has 0 atom stereocenters. The number of aryl methyl sites for hydroxylation is 2. The minimum Gasteiger partial charge on any atom is -0.436 e. The Morgan fingerprint density at radius 2 is 1.94 bits per heavy atom. The maximum Gasteiger partial charge on any atom is 0.293 e. The van der Waals surface area contributed by atoms with Crippen LogP contribution in [-0.4, -0.2) is 10.9 Å². The van der Waals surface area contributed by atoms with E-state index in [4.69, 9.17) is 16.0 Å². The lowest BCUT2D eigenvalue weighted by atomic mass is 10.3. The summed E-state index contributed by atoms with van der Waals surface area (Å²) in [5.74, 6) is 0.395. The Labute approximate surface area is 104 Å². The number of benzene rings is 1. The van der Waals surface area contributed by atoms with Gasteiger partial charge in [0.25, 0.3) is 5.91 Å². The molecule has 0 aliphatic carbocycles. The average molecular weight is 251 g/mol. The number of anilines is 1. The molecule has 4 nitrogen and oxygen atoms in total. The van der Waals surface area contributed by atoms with Crippen molar-refractivity contribution in [2.24, 2.45) is 0 Å². The first-order valence-electron chi connectivity index (χ1n) is 5.07. The third-order valence-electron chi connectivity index (χ3n) is 2.21. The van der Waals surface area contributed by atoms with Gasteiger partial charge in [-0.15, -0.1) is 0 Å². The second-order valence-electron chi connectivity index (χ2n) is 3.61. The first-order valence-corrected chi connectivity index (χ1v) is 5.45. The number of nitrogens with zero attached hydrogens (tertiary/aromatic N) is 1. The predicted octanol–water partition coefficient (Wildman–Crippen LogP) is 3.20. The lowest BCUT2D eigenvalue weighted by molar-refractivity contribution is 0.0994. The number of aromatic nitrogens is 1. The molecule has 1 N–H and O–H groups in total. The van der Waals surface area contributed by atoms with Crippen LogP contribution in [0.3, 0.4) is 0 Å². The zero-order chi connectivity index (χ0) is 12.4. The summed E-state index contributed by atoms with van der Waals surface area (Å²) in [7, 11) is 0. The monoisotopic (exact) mass is 250 g/mol. The Morgan fingerprint density at radius 3 is 2.47 bits per heavy atom. The Hall–Kier alpha value is -1.81. The van der Waals surface area contributed by atoms with Gasteiger partial charge in [-0.2, -0.15) is 0 Å². The summed E-state index contributed by atoms with van der Waals surface area (Å²) in [5, 5.41) is 3.33. The van der Waals surface area contributed by atoms with E-state index in [0.29, 0.717) is 22.3 Å². The maximum absolute atomic E-state index is 11.9. The smallest absolute Gasteiger partial charge is 0.293 e. The van der Waals surface area contributed by atoms with E-state index in [-0.39, 0.29) is 11.7 Å². The highest BCUT2D eigenvalue weighted by molar-refractivity contribution is 6.30. The molecule has 0 aliphatic rings. The Balaban J connectivity index is 2.17. The molecular formula is C12H11ClN2O2. The lowest BCUT2D eigenvalue weighted by Gasteiger charge is -2.03. The molecule has 1 amide bonds. The highest BCUT2D eigenvalue weighted by Gasteiger charge is 2.15. The number of carbonyl (C=O) groups is 1. The van der Waals surface area contributed by atoms with E-state index in [1.165, 1.54) is 0 Å². The largest absolute Gasteiger partial charge is 0.436 e. The quantitative estimate of drug-likeness (QED) is 0.891. The number of nitrogens with one attached hydrogen (secondary N) is 1. The van der Waals surface area contributed by atoms with Crippen molar-refractivity contribution < 1.29 is 9.21 Å². The molecule has 0 saturated heterocycles. The molecule has 2 aromatic rings. The van der Waals surface area contributed by atoms with E-state index in [1.54, 1.807) is 38.1 Å². The minimum atomic E-state index is -0.314. The zero-order valence-electron chi connectivity index (χ0n) is 9.45. The Kier molecular flexibility index (Phi) is 3.15. The number of rotatable bonds is 2. The van der Waals surface area contributed by atoms with Crippen molar-refractivity contribution in [1.29, 1.82) is 0 Å². The summed E-state index contributed by atoms with van der Waals surface area (Å²) in [6.07, 6.45) is 0. The molecule has 1 heterocycles.